The molecule has 0 fully saturated rings. The minimum Gasteiger partial charge on any atom is -0.392 e. The second-order valence-corrected chi connectivity index (χ2v) is 1.86. The maximum Gasteiger partial charge on any atom is 0.150 e. The standard InChI is InChI=1S/C5H12N2O2/c1-4(6)7(2)5(9)3-8/h5-6,8-9H,3H2,1-2H3/t5-/m1/s1. The molecular weight excluding hydrogens is 120 g/mol. The maximum absolute atomic E-state index is 8.83. The van der Waals surface area contributed by atoms with E-state index in [1.165, 1.54) is 4.90 Å². The normalized spacial score (nSPS) is 12.9. The van der Waals surface area contributed by atoms with Crippen LogP contribution in [0, 0.1) is 5.41 Å². The molecule has 0 saturated heterocycles. The van der Waals surface area contributed by atoms with E-state index in [2.05, 4.69) is 0 Å². The van der Waals surface area contributed by atoms with Crippen molar-refractivity contribution in [1.29, 1.82) is 5.41 Å². The van der Waals surface area contributed by atoms with Crippen molar-refractivity contribution in [2.45, 2.75) is 13.2 Å². The summed E-state index contributed by atoms with van der Waals surface area (Å²) in [5.74, 6) is 0.233. The van der Waals surface area contributed by atoms with E-state index in [4.69, 9.17) is 15.6 Å². The first-order valence-electron chi connectivity index (χ1n) is 2.66. The van der Waals surface area contributed by atoms with Crippen LogP contribution in [0.5, 0.6) is 0 Å². The molecule has 0 saturated carbocycles. The van der Waals surface area contributed by atoms with E-state index < -0.39 is 6.23 Å². The zero-order valence-corrected chi connectivity index (χ0v) is 5.63. The Hall–Kier alpha value is -0.610. The van der Waals surface area contributed by atoms with Gasteiger partial charge in [0, 0.05) is 7.05 Å². The Labute approximate surface area is 54.2 Å². The third kappa shape index (κ3) is 2.43. The molecule has 4 nitrogen and oxygen atoms in total. The molecule has 0 spiro atoms. The van der Waals surface area contributed by atoms with Gasteiger partial charge in [0.1, 0.15) is 0 Å². The van der Waals surface area contributed by atoms with Crippen molar-refractivity contribution in [3.05, 3.63) is 0 Å². The molecule has 1 atom stereocenters. The summed E-state index contributed by atoms with van der Waals surface area (Å²) in [7, 11) is 1.54. The van der Waals surface area contributed by atoms with Gasteiger partial charge in [-0.3, -0.25) is 5.41 Å². The lowest BCUT2D eigenvalue weighted by Crippen LogP contribution is -2.37. The first kappa shape index (κ1) is 8.39. The smallest absolute Gasteiger partial charge is 0.150 e. The number of likely N-dealkylation sites (N-methyl/N-ethyl adjacent to an activating group) is 1. The maximum atomic E-state index is 8.83. The monoisotopic (exact) mass is 132 g/mol. The number of amidine groups is 1. The van der Waals surface area contributed by atoms with Gasteiger partial charge in [0.2, 0.25) is 0 Å². The highest BCUT2D eigenvalue weighted by Crippen LogP contribution is 1.90. The number of hydrogen-bond donors (Lipinski definition) is 3. The van der Waals surface area contributed by atoms with Gasteiger partial charge in [0.15, 0.2) is 6.23 Å². The molecule has 0 bridgehead atoms. The summed E-state index contributed by atoms with van der Waals surface area (Å²) in [5.41, 5.74) is 0. The zero-order chi connectivity index (χ0) is 7.44. The lowest BCUT2D eigenvalue weighted by Gasteiger charge is -2.21. The molecule has 0 radical (unpaired) electrons. The van der Waals surface area contributed by atoms with Gasteiger partial charge >= 0.3 is 0 Å². The molecule has 54 valence electrons. The highest BCUT2D eigenvalue weighted by Gasteiger charge is 2.07. The van der Waals surface area contributed by atoms with Crippen LogP contribution in [0.2, 0.25) is 0 Å². The second-order valence-electron chi connectivity index (χ2n) is 1.86. The number of nitrogens with zero attached hydrogens (tertiary/aromatic N) is 1. The van der Waals surface area contributed by atoms with Crippen molar-refractivity contribution < 1.29 is 10.2 Å². The van der Waals surface area contributed by atoms with Gasteiger partial charge in [-0.2, -0.15) is 0 Å². The second kappa shape index (κ2) is 3.42. The minimum absolute atomic E-state index is 0.233. The lowest BCUT2D eigenvalue weighted by molar-refractivity contribution is 0.0153. The van der Waals surface area contributed by atoms with Crippen LogP contribution in [-0.4, -0.2) is 40.8 Å². The molecular formula is C5H12N2O2. The summed E-state index contributed by atoms with van der Waals surface area (Å²) >= 11 is 0. The molecule has 0 unspecified atom stereocenters. The van der Waals surface area contributed by atoms with Crippen LogP contribution in [0.1, 0.15) is 6.92 Å². The van der Waals surface area contributed by atoms with Gasteiger partial charge in [-0.25, -0.2) is 0 Å². The Balaban J connectivity index is 3.72. The van der Waals surface area contributed by atoms with Crippen molar-refractivity contribution in [1.82, 2.24) is 4.90 Å². The average molecular weight is 132 g/mol. The predicted octanol–water partition coefficient (Wildman–Crippen LogP) is -0.774. The highest BCUT2D eigenvalue weighted by molar-refractivity contribution is 5.76. The summed E-state index contributed by atoms with van der Waals surface area (Å²) < 4.78 is 0. The molecule has 0 aliphatic heterocycles. The van der Waals surface area contributed by atoms with E-state index in [0.29, 0.717) is 0 Å². The van der Waals surface area contributed by atoms with Gasteiger partial charge < -0.3 is 15.1 Å². The van der Waals surface area contributed by atoms with Crippen LogP contribution < -0.4 is 0 Å². The Morgan fingerprint density at radius 2 is 2.22 bits per heavy atom. The Morgan fingerprint density at radius 3 is 2.33 bits per heavy atom. The Bertz CT molecular complexity index is 105. The number of rotatable bonds is 2. The fourth-order valence-electron chi connectivity index (χ4n) is 0.346. The molecule has 0 amide bonds. The molecule has 0 heterocycles. The lowest BCUT2D eigenvalue weighted by atomic mass is 10.5. The topological polar surface area (TPSA) is 67.6 Å². The molecule has 3 N–H and O–H groups in total. The van der Waals surface area contributed by atoms with Crippen LogP contribution in [0.4, 0.5) is 0 Å². The van der Waals surface area contributed by atoms with Crippen LogP contribution in [0.15, 0.2) is 0 Å². The molecule has 0 aromatic heterocycles. The van der Waals surface area contributed by atoms with Crippen LogP contribution in [0.25, 0.3) is 0 Å². The summed E-state index contributed by atoms with van der Waals surface area (Å²) in [6.07, 6.45) is -0.942. The van der Waals surface area contributed by atoms with Crippen LogP contribution >= 0.6 is 0 Å². The summed E-state index contributed by atoms with van der Waals surface area (Å²) in [6.45, 7) is 1.20. The van der Waals surface area contributed by atoms with E-state index in [0.717, 1.165) is 0 Å². The van der Waals surface area contributed by atoms with E-state index in [1.807, 2.05) is 0 Å². The number of nitrogens with one attached hydrogen (secondary N) is 1. The SMILES string of the molecule is CC(=N)N(C)[C@H](O)CO. The summed E-state index contributed by atoms with van der Waals surface area (Å²) in [4.78, 5) is 1.28. The van der Waals surface area contributed by atoms with E-state index >= 15 is 0 Å². The first-order chi connectivity index (χ1) is 4.09. The van der Waals surface area contributed by atoms with Crippen molar-refractivity contribution in [3.63, 3.8) is 0 Å². The first-order valence-corrected chi connectivity index (χ1v) is 2.66. The third-order valence-electron chi connectivity index (χ3n) is 1.14. The van der Waals surface area contributed by atoms with Gasteiger partial charge in [0.05, 0.1) is 12.4 Å². The van der Waals surface area contributed by atoms with Gasteiger partial charge in [-0.1, -0.05) is 0 Å². The molecule has 9 heavy (non-hydrogen) atoms. The van der Waals surface area contributed by atoms with Crippen molar-refractivity contribution >= 4 is 5.84 Å². The molecule has 0 aromatic rings. The molecule has 4 heteroatoms. The van der Waals surface area contributed by atoms with E-state index in [9.17, 15) is 0 Å². The number of aliphatic hydroxyl groups excluding tert-OH is 2. The molecule has 0 aliphatic rings. The van der Waals surface area contributed by atoms with Gasteiger partial charge in [-0.15, -0.1) is 0 Å². The third-order valence-corrected chi connectivity index (χ3v) is 1.14. The summed E-state index contributed by atoms with van der Waals surface area (Å²) in [6, 6.07) is 0. The highest BCUT2D eigenvalue weighted by atomic mass is 16.3. The quantitative estimate of drug-likeness (QED) is 0.262. The van der Waals surface area contributed by atoms with E-state index in [-0.39, 0.29) is 12.4 Å². The van der Waals surface area contributed by atoms with Crippen molar-refractivity contribution in [3.8, 4) is 0 Å². The molecule has 0 rings (SSSR count). The predicted molar refractivity (Wildman–Crippen MR) is 34.3 cm³/mol. The molecule has 0 aromatic carbocycles. The largest absolute Gasteiger partial charge is 0.392 e. The van der Waals surface area contributed by atoms with Gasteiger partial charge in [0.25, 0.3) is 0 Å². The zero-order valence-electron chi connectivity index (χ0n) is 5.63. The summed E-state index contributed by atoms with van der Waals surface area (Å²) in [5, 5.41) is 24.2. The molecule has 0 aliphatic carbocycles. The van der Waals surface area contributed by atoms with Crippen molar-refractivity contribution in [2.24, 2.45) is 0 Å². The van der Waals surface area contributed by atoms with Crippen LogP contribution in [0.3, 0.4) is 0 Å². The fourth-order valence-corrected chi connectivity index (χ4v) is 0.346. The average Bonchev–Trinajstić information content (AvgIpc) is 1.84. The number of aliphatic hydroxyl groups is 2. The van der Waals surface area contributed by atoms with Crippen LogP contribution in [-0.2, 0) is 0 Å². The van der Waals surface area contributed by atoms with E-state index in [1.54, 1.807) is 14.0 Å². The fraction of sp³-hybridized carbons (Fsp3) is 0.800. The Kier molecular flexibility index (Phi) is 3.19. The number of hydrogen-bond acceptors (Lipinski definition) is 3. The van der Waals surface area contributed by atoms with Crippen molar-refractivity contribution in [2.75, 3.05) is 13.7 Å². The Morgan fingerprint density at radius 1 is 1.78 bits per heavy atom. The minimum atomic E-state index is -0.942. The van der Waals surface area contributed by atoms with Gasteiger partial charge in [-0.05, 0) is 6.92 Å².